The molecule has 2 nitrogen and oxygen atoms in total. The van der Waals surface area contributed by atoms with E-state index in [0.29, 0.717) is 24.0 Å². The normalized spacial score (nSPS) is 14.1. The zero-order chi connectivity index (χ0) is 13.5. The number of alkyl halides is 1. The van der Waals surface area contributed by atoms with E-state index in [0.717, 1.165) is 17.9 Å². The summed E-state index contributed by atoms with van der Waals surface area (Å²) in [6, 6.07) is 6.25. The van der Waals surface area contributed by atoms with Crippen LogP contribution in [0, 0.1) is 0 Å². The molecule has 102 valence electrons. The first kappa shape index (κ1) is 15.4. The zero-order valence-electron chi connectivity index (χ0n) is 11.7. The van der Waals surface area contributed by atoms with Crippen molar-refractivity contribution in [2.75, 3.05) is 13.2 Å². The fraction of sp³-hybridized carbons (Fsp3) is 0.600. The second-order valence-electron chi connectivity index (χ2n) is 4.49. The Morgan fingerprint density at radius 2 is 1.67 bits per heavy atom. The van der Waals surface area contributed by atoms with Crippen molar-refractivity contribution in [2.24, 2.45) is 0 Å². The molecule has 0 aliphatic carbocycles. The Balaban J connectivity index is 2.91. The smallest absolute Gasteiger partial charge is 0.161 e. The molecule has 0 fully saturated rings. The van der Waals surface area contributed by atoms with Crippen LogP contribution in [0.25, 0.3) is 0 Å². The third-order valence-corrected chi connectivity index (χ3v) is 3.19. The number of benzene rings is 1. The van der Waals surface area contributed by atoms with Gasteiger partial charge in [0.25, 0.3) is 0 Å². The van der Waals surface area contributed by atoms with Gasteiger partial charge >= 0.3 is 0 Å². The minimum absolute atomic E-state index is 0.509. The van der Waals surface area contributed by atoms with Crippen molar-refractivity contribution in [1.82, 2.24) is 0 Å². The molecule has 1 aromatic rings. The van der Waals surface area contributed by atoms with Gasteiger partial charge in [0.2, 0.25) is 0 Å². The molecule has 2 unspecified atom stereocenters. The molecule has 1 rings (SSSR count). The van der Waals surface area contributed by atoms with E-state index in [-0.39, 0.29) is 0 Å². The maximum absolute atomic E-state index is 5.65. The zero-order valence-corrected chi connectivity index (χ0v) is 13.3. The van der Waals surface area contributed by atoms with Gasteiger partial charge in [0.1, 0.15) is 0 Å². The third kappa shape index (κ3) is 4.52. The Morgan fingerprint density at radius 1 is 1.06 bits per heavy atom. The quantitative estimate of drug-likeness (QED) is 0.675. The Labute approximate surface area is 119 Å². The Kier molecular flexibility index (Phi) is 6.55. The molecule has 0 radical (unpaired) electrons. The summed E-state index contributed by atoms with van der Waals surface area (Å²) >= 11 is 3.60. The molecule has 1 aromatic carbocycles. The Hall–Kier alpha value is -0.700. The summed E-state index contributed by atoms with van der Waals surface area (Å²) in [5.74, 6) is 2.20. The van der Waals surface area contributed by atoms with E-state index in [2.05, 4.69) is 41.9 Å². The summed E-state index contributed by atoms with van der Waals surface area (Å²) in [7, 11) is 0. The van der Waals surface area contributed by atoms with E-state index in [1.54, 1.807) is 0 Å². The topological polar surface area (TPSA) is 18.5 Å². The van der Waals surface area contributed by atoms with Crippen molar-refractivity contribution in [2.45, 2.75) is 44.9 Å². The molecule has 0 bridgehead atoms. The van der Waals surface area contributed by atoms with Gasteiger partial charge in [-0.05, 0) is 43.9 Å². The van der Waals surface area contributed by atoms with Gasteiger partial charge < -0.3 is 9.47 Å². The highest BCUT2D eigenvalue weighted by atomic mass is 79.9. The van der Waals surface area contributed by atoms with Crippen molar-refractivity contribution in [1.29, 1.82) is 0 Å². The molecule has 18 heavy (non-hydrogen) atoms. The van der Waals surface area contributed by atoms with Crippen LogP contribution >= 0.6 is 15.9 Å². The summed E-state index contributed by atoms with van der Waals surface area (Å²) in [4.78, 5) is 0.523. The van der Waals surface area contributed by atoms with Gasteiger partial charge in [0.15, 0.2) is 11.5 Å². The molecular formula is C15H23BrO2. The van der Waals surface area contributed by atoms with Crippen molar-refractivity contribution in [3.63, 3.8) is 0 Å². The van der Waals surface area contributed by atoms with Gasteiger partial charge in [-0.25, -0.2) is 0 Å². The minimum atomic E-state index is 0.509. The first-order chi connectivity index (χ1) is 8.58. The molecule has 0 N–H and O–H groups in total. The predicted octanol–water partition coefficient (Wildman–Crippen LogP) is 4.76. The van der Waals surface area contributed by atoms with Crippen molar-refractivity contribution < 1.29 is 9.47 Å². The van der Waals surface area contributed by atoms with Gasteiger partial charge in [-0.15, -0.1) is 0 Å². The highest BCUT2D eigenvalue weighted by Gasteiger charge is 2.12. The molecule has 0 aliphatic heterocycles. The molecule has 3 heteroatoms. The molecule has 0 heterocycles. The van der Waals surface area contributed by atoms with Crippen molar-refractivity contribution >= 4 is 15.9 Å². The van der Waals surface area contributed by atoms with Crippen LogP contribution in [0.1, 0.15) is 45.6 Å². The van der Waals surface area contributed by atoms with E-state index >= 15 is 0 Å². The lowest BCUT2D eigenvalue weighted by Gasteiger charge is -2.17. The van der Waals surface area contributed by atoms with Crippen LogP contribution in [0.2, 0.25) is 0 Å². The number of hydrogen-bond acceptors (Lipinski definition) is 2. The van der Waals surface area contributed by atoms with Crippen LogP contribution in [0.4, 0.5) is 0 Å². The summed E-state index contributed by atoms with van der Waals surface area (Å²) in [5, 5.41) is 0. The highest BCUT2D eigenvalue weighted by molar-refractivity contribution is 9.09. The average molecular weight is 315 g/mol. The highest BCUT2D eigenvalue weighted by Crippen LogP contribution is 2.33. The maximum Gasteiger partial charge on any atom is 0.161 e. The predicted molar refractivity (Wildman–Crippen MR) is 80.2 cm³/mol. The average Bonchev–Trinajstić information content (AvgIpc) is 2.31. The van der Waals surface area contributed by atoms with Crippen molar-refractivity contribution in [3.05, 3.63) is 23.8 Å². The summed E-state index contributed by atoms with van der Waals surface area (Å²) in [5.41, 5.74) is 1.30. The Morgan fingerprint density at radius 3 is 2.22 bits per heavy atom. The minimum Gasteiger partial charge on any atom is -0.490 e. The maximum atomic E-state index is 5.65. The molecule has 0 amide bonds. The van der Waals surface area contributed by atoms with Gasteiger partial charge in [-0.3, -0.25) is 0 Å². The van der Waals surface area contributed by atoms with E-state index < -0.39 is 0 Å². The van der Waals surface area contributed by atoms with E-state index in [1.807, 2.05) is 19.9 Å². The Bertz CT molecular complexity index is 364. The van der Waals surface area contributed by atoms with E-state index in [4.69, 9.17) is 9.47 Å². The van der Waals surface area contributed by atoms with E-state index in [9.17, 15) is 0 Å². The number of rotatable bonds is 7. The first-order valence-corrected chi connectivity index (χ1v) is 7.53. The van der Waals surface area contributed by atoms with Crippen LogP contribution in [-0.2, 0) is 0 Å². The van der Waals surface area contributed by atoms with Gasteiger partial charge in [-0.2, -0.15) is 0 Å². The fourth-order valence-corrected chi connectivity index (χ4v) is 2.56. The number of ether oxygens (including phenoxy) is 2. The summed E-state index contributed by atoms with van der Waals surface area (Å²) < 4.78 is 11.2. The van der Waals surface area contributed by atoms with Crippen molar-refractivity contribution in [3.8, 4) is 11.5 Å². The van der Waals surface area contributed by atoms with Gasteiger partial charge in [-0.1, -0.05) is 35.8 Å². The second-order valence-corrected chi connectivity index (χ2v) is 6.05. The van der Waals surface area contributed by atoms with E-state index in [1.165, 1.54) is 5.56 Å². The molecule has 0 spiro atoms. The lowest BCUT2D eigenvalue weighted by Crippen LogP contribution is -2.03. The lowest BCUT2D eigenvalue weighted by molar-refractivity contribution is 0.287. The monoisotopic (exact) mass is 314 g/mol. The van der Waals surface area contributed by atoms with Gasteiger partial charge in [0, 0.05) is 4.83 Å². The molecule has 0 saturated heterocycles. The van der Waals surface area contributed by atoms with Crippen LogP contribution in [0.3, 0.4) is 0 Å². The molecule has 0 aliphatic rings. The van der Waals surface area contributed by atoms with Crippen LogP contribution in [-0.4, -0.2) is 18.0 Å². The second kappa shape index (κ2) is 7.67. The third-order valence-electron chi connectivity index (χ3n) is 2.81. The molecule has 2 atom stereocenters. The lowest BCUT2D eigenvalue weighted by atomic mass is 9.96. The molecular weight excluding hydrogens is 292 g/mol. The summed E-state index contributed by atoms with van der Waals surface area (Å²) in [6.45, 7) is 9.71. The standard InChI is InChI=1S/C15H23BrO2/c1-5-17-14-8-7-13(10-15(14)18-6-2)11(3)9-12(4)16/h7-8,10-12H,5-6,9H2,1-4H3. The molecule has 0 aromatic heterocycles. The molecule has 0 saturated carbocycles. The fourth-order valence-electron chi connectivity index (χ4n) is 2.00. The number of halogens is 1. The van der Waals surface area contributed by atoms with Crippen LogP contribution < -0.4 is 9.47 Å². The number of hydrogen-bond donors (Lipinski definition) is 0. The van der Waals surface area contributed by atoms with Crippen LogP contribution in [0.15, 0.2) is 18.2 Å². The largest absolute Gasteiger partial charge is 0.490 e. The van der Waals surface area contributed by atoms with Crippen LogP contribution in [0.5, 0.6) is 11.5 Å². The summed E-state index contributed by atoms with van der Waals surface area (Å²) in [6.07, 6.45) is 1.11. The van der Waals surface area contributed by atoms with Gasteiger partial charge in [0.05, 0.1) is 13.2 Å². The SMILES string of the molecule is CCOc1ccc(C(C)CC(C)Br)cc1OCC. The first-order valence-electron chi connectivity index (χ1n) is 6.62.